The van der Waals surface area contributed by atoms with Gasteiger partial charge in [0.05, 0.1) is 0 Å². The maximum absolute atomic E-state index is 12.8. The van der Waals surface area contributed by atoms with Crippen LogP contribution in [0.5, 0.6) is 5.75 Å². The fourth-order valence-electron chi connectivity index (χ4n) is 3.28. The molecule has 2 aromatic rings. The molecule has 2 heterocycles. The number of amides is 1. The molecule has 0 radical (unpaired) electrons. The quantitative estimate of drug-likeness (QED) is 0.909. The van der Waals surface area contributed by atoms with E-state index < -0.39 is 6.10 Å². The highest BCUT2D eigenvalue weighted by molar-refractivity contribution is 5.81. The lowest BCUT2D eigenvalue weighted by atomic mass is 9.87. The first-order valence-corrected chi connectivity index (χ1v) is 9.14. The van der Waals surface area contributed by atoms with Crippen molar-refractivity contribution < 1.29 is 9.53 Å². The molecule has 0 saturated carbocycles. The smallest absolute Gasteiger partial charge is 0.263 e. The number of rotatable bonds is 4. The van der Waals surface area contributed by atoms with Gasteiger partial charge in [0.2, 0.25) is 0 Å². The summed E-state index contributed by atoms with van der Waals surface area (Å²) in [7, 11) is 0. The predicted octanol–water partition coefficient (Wildman–Crippen LogP) is 2.67. The average Bonchev–Trinajstić information content (AvgIpc) is 3.15. The molecule has 1 aliphatic heterocycles. The Morgan fingerprint density at radius 3 is 2.65 bits per heavy atom. The number of hydrogen-bond acceptors (Lipinski definition) is 5. The highest BCUT2D eigenvalue weighted by atomic mass is 16.5. The van der Waals surface area contributed by atoms with Crippen molar-refractivity contribution in [2.75, 3.05) is 13.1 Å². The first kappa shape index (κ1) is 18.4. The normalized spacial score (nSPS) is 19.2. The summed E-state index contributed by atoms with van der Waals surface area (Å²) in [6, 6.07) is 7.98. The van der Waals surface area contributed by atoms with Crippen molar-refractivity contribution in [3.8, 4) is 5.75 Å². The SMILES string of the molecule is CC(Oc1ccc(C(C)(C)C)cc1)C(=O)N1CCCC(c2nn[nH]n2)C1. The zero-order chi connectivity index (χ0) is 18.7. The molecule has 1 saturated heterocycles. The van der Waals surface area contributed by atoms with E-state index in [1.807, 2.05) is 17.0 Å². The Morgan fingerprint density at radius 1 is 1.31 bits per heavy atom. The number of aromatic amines is 1. The van der Waals surface area contributed by atoms with Crippen LogP contribution in [0.3, 0.4) is 0 Å². The Bertz CT molecular complexity index is 721. The Morgan fingerprint density at radius 2 is 2.04 bits per heavy atom. The zero-order valence-corrected chi connectivity index (χ0v) is 15.9. The molecule has 1 aromatic heterocycles. The topological polar surface area (TPSA) is 84.0 Å². The number of hydrogen-bond donors (Lipinski definition) is 1. The molecule has 0 aliphatic carbocycles. The van der Waals surface area contributed by atoms with Gasteiger partial charge in [0.15, 0.2) is 11.9 Å². The van der Waals surface area contributed by atoms with Crippen molar-refractivity contribution in [1.82, 2.24) is 25.5 Å². The third-order valence-electron chi connectivity index (χ3n) is 4.84. The fourth-order valence-corrected chi connectivity index (χ4v) is 3.28. The zero-order valence-electron chi connectivity index (χ0n) is 15.9. The summed E-state index contributed by atoms with van der Waals surface area (Å²) < 4.78 is 5.88. The van der Waals surface area contributed by atoms with Gasteiger partial charge < -0.3 is 9.64 Å². The molecule has 3 rings (SSSR count). The molecule has 1 aliphatic rings. The molecule has 0 bridgehead atoms. The Kier molecular flexibility index (Phi) is 5.25. The summed E-state index contributed by atoms with van der Waals surface area (Å²) in [5.74, 6) is 1.52. The molecular weight excluding hydrogens is 330 g/mol. The first-order chi connectivity index (χ1) is 12.3. The van der Waals surface area contributed by atoms with Crippen LogP contribution in [-0.2, 0) is 10.2 Å². The molecule has 1 amide bonds. The number of likely N-dealkylation sites (tertiary alicyclic amines) is 1. The van der Waals surface area contributed by atoms with Gasteiger partial charge in [-0.2, -0.15) is 5.21 Å². The van der Waals surface area contributed by atoms with Crippen molar-refractivity contribution in [3.63, 3.8) is 0 Å². The molecule has 7 heteroatoms. The summed E-state index contributed by atoms with van der Waals surface area (Å²) in [4.78, 5) is 14.6. The molecule has 1 N–H and O–H groups in total. The lowest BCUT2D eigenvalue weighted by Crippen LogP contribution is -2.45. The minimum atomic E-state index is -0.528. The maximum Gasteiger partial charge on any atom is 0.263 e. The van der Waals surface area contributed by atoms with E-state index in [0.717, 1.165) is 19.4 Å². The monoisotopic (exact) mass is 357 g/mol. The van der Waals surface area contributed by atoms with Gasteiger partial charge in [-0.3, -0.25) is 4.79 Å². The molecule has 140 valence electrons. The van der Waals surface area contributed by atoms with E-state index in [9.17, 15) is 4.79 Å². The summed E-state index contributed by atoms with van der Waals surface area (Å²) in [5.41, 5.74) is 1.33. The summed E-state index contributed by atoms with van der Waals surface area (Å²) in [6.07, 6.45) is 1.37. The number of benzene rings is 1. The molecule has 1 fully saturated rings. The van der Waals surface area contributed by atoms with Gasteiger partial charge in [-0.05, 0) is 42.9 Å². The number of ether oxygens (including phenoxy) is 1. The second-order valence-corrected chi connectivity index (χ2v) is 7.93. The molecule has 2 atom stereocenters. The van der Waals surface area contributed by atoms with Crippen molar-refractivity contribution in [2.24, 2.45) is 0 Å². The molecule has 1 aromatic carbocycles. The van der Waals surface area contributed by atoms with Crippen molar-refractivity contribution in [3.05, 3.63) is 35.7 Å². The lowest BCUT2D eigenvalue weighted by Gasteiger charge is -2.33. The Balaban J connectivity index is 1.60. The van der Waals surface area contributed by atoms with E-state index in [2.05, 4.69) is 53.5 Å². The van der Waals surface area contributed by atoms with E-state index in [-0.39, 0.29) is 17.2 Å². The van der Waals surface area contributed by atoms with E-state index >= 15 is 0 Å². The first-order valence-electron chi connectivity index (χ1n) is 9.14. The van der Waals surface area contributed by atoms with Gasteiger partial charge in [0.1, 0.15) is 5.75 Å². The van der Waals surface area contributed by atoms with Crippen molar-refractivity contribution >= 4 is 5.91 Å². The highest BCUT2D eigenvalue weighted by Crippen LogP contribution is 2.26. The number of tetrazole rings is 1. The lowest BCUT2D eigenvalue weighted by molar-refractivity contribution is -0.139. The molecule has 0 spiro atoms. The number of aromatic nitrogens is 4. The summed E-state index contributed by atoms with van der Waals surface area (Å²) in [6.45, 7) is 9.67. The van der Waals surface area contributed by atoms with Crippen LogP contribution in [-0.4, -0.2) is 50.6 Å². The van der Waals surface area contributed by atoms with Gasteiger partial charge in [0, 0.05) is 19.0 Å². The van der Waals surface area contributed by atoms with Crippen LogP contribution in [0.2, 0.25) is 0 Å². The standard InChI is InChI=1S/C19H27N5O2/c1-13(26-16-9-7-15(8-10-16)19(2,3)4)18(25)24-11-5-6-14(12-24)17-20-22-23-21-17/h7-10,13-14H,5-6,11-12H2,1-4H3,(H,20,21,22,23). The van der Waals surface area contributed by atoms with Gasteiger partial charge in [-0.25, -0.2) is 0 Å². The van der Waals surface area contributed by atoms with Crippen molar-refractivity contribution in [1.29, 1.82) is 0 Å². The highest BCUT2D eigenvalue weighted by Gasteiger charge is 2.30. The third kappa shape index (κ3) is 4.20. The van der Waals surface area contributed by atoms with Gasteiger partial charge in [0.25, 0.3) is 5.91 Å². The minimum absolute atomic E-state index is 0.00177. The van der Waals surface area contributed by atoms with E-state index in [4.69, 9.17) is 4.74 Å². The Hall–Kier alpha value is -2.44. The van der Waals surface area contributed by atoms with Crippen LogP contribution in [0.4, 0.5) is 0 Å². The number of nitrogens with zero attached hydrogens (tertiary/aromatic N) is 4. The van der Waals surface area contributed by atoms with Crippen LogP contribution in [0.15, 0.2) is 24.3 Å². The van der Waals surface area contributed by atoms with Crippen molar-refractivity contribution in [2.45, 2.75) is 58.0 Å². The average molecular weight is 357 g/mol. The second-order valence-electron chi connectivity index (χ2n) is 7.93. The molecule has 2 unspecified atom stereocenters. The molecule has 7 nitrogen and oxygen atoms in total. The number of piperidine rings is 1. The number of nitrogens with one attached hydrogen (secondary N) is 1. The predicted molar refractivity (Wildman–Crippen MR) is 98.0 cm³/mol. The summed E-state index contributed by atoms with van der Waals surface area (Å²) >= 11 is 0. The largest absolute Gasteiger partial charge is 0.481 e. The van der Waals surface area contributed by atoms with Gasteiger partial charge in [-0.1, -0.05) is 38.1 Å². The number of H-pyrrole nitrogens is 1. The van der Waals surface area contributed by atoms with Crippen LogP contribution in [0.25, 0.3) is 0 Å². The molecular formula is C19H27N5O2. The summed E-state index contributed by atoms with van der Waals surface area (Å²) in [5, 5.41) is 14.2. The number of carbonyl (C=O) groups excluding carboxylic acids is 1. The second kappa shape index (κ2) is 7.43. The van der Waals surface area contributed by atoms with Gasteiger partial charge in [-0.15, -0.1) is 10.2 Å². The van der Waals surface area contributed by atoms with Crippen LogP contribution in [0.1, 0.15) is 57.8 Å². The third-order valence-corrected chi connectivity index (χ3v) is 4.84. The van der Waals surface area contributed by atoms with E-state index in [1.54, 1.807) is 6.92 Å². The number of carbonyl (C=O) groups is 1. The maximum atomic E-state index is 12.8. The molecule has 26 heavy (non-hydrogen) atoms. The van der Waals surface area contributed by atoms with Gasteiger partial charge >= 0.3 is 0 Å². The van der Waals surface area contributed by atoms with Crippen LogP contribution < -0.4 is 4.74 Å². The fraction of sp³-hybridized carbons (Fsp3) is 0.579. The van der Waals surface area contributed by atoms with E-state index in [0.29, 0.717) is 18.1 Å². The van der Waals surface area contributed by atoms with E-state index in [1.165, 1.54) is 5.56 Å². The minimum Gasteiger partial charge on any atom is -0.481 e. The van der Waals surface area contributed by atoms with Crippen LogP contribution in [0, 0.1) is 0 Å². The Labute approximate surface area is 154 Å². The van der Waals surface area contributed by atoms with Crippen LogP contribution >= 0.6 is 0 Å².